The van der Waals surface area contributed by atoms with Crippen molar-refractivity contribution in [3.8, 4) is 0 Å². The van der Waals surface area contributed by atoms with Crippen molar-refractivity contribution in [3.63, 3.8) is 0 Å². The third-order valence-corrected chi connectivity index (χ3v) is 3.67. The first-order chi connectivity index (χ1) is 8.95. The van der Waals surface area contributed by atoms with E-state index in [0.29, 0.717) is 0 Å². The molecule has 2 heteroatoms. The van der Waals surface area contributed by atoms with Crippen molar-refractivity contribution in [3.05, 3.63) is 35.9 Å². The highest BCUT2D eigenvalue weighted by Gasteiger charge is 2.11. The van der Waals surface area contributed by atoms with Crippen LogP contribution < -0.4 is 5.32 Å². The molecule has 1 heterocycles. The number of piperidine rings is 1. The second-order valence-electron chi connectivity index (χ2n) is 5.20. The summed E-state index contributed by atoms with van der Waals surface area (Å²) in [6.07, 6.45) is 6.19. The number of rotatable bonds is 7. The molecule has 100 valence electrons. The first-order valence-electron chi connectivity index (χ1n) is 7.27. The van der Waals surface area contributed by atoms with Crippen LogP contribution in [-0.4, -0.2) is 26.3 Å². The maximum Gasteiger partial charge on any atom is 0.0469 e. The van der Waals surface area contributed by atoms with E-state index in [4.69, 9.17) is 4.74 Å². The second-order valence-corrected chi connectivity index (χ2v) is 5.20. The Morgan fingerprint density at radius 3 is 2.83 bits per heavy atom. The van der Waals surface area contributed by atoms with Crippen LogP contribution in [0.5, 0.6) is 0 Å². The van der Waals surface area contributed by atoms with Crippen LogP contribution in [0.4, 0.5) is 0 Å². The predicted octanol–water partition coefficient (Wildman–Crippen LogP) is 3.03. The molecule has 0 unspecified atom stereocenters. The molecule has 0 radical (unpaired) electrons. The molecule has 18 heavy (non-hydrogen) atoms. The van der Waals surface area contributed by atoms with Crippen LogP contribution in [0.3, 0.4) is 0 Å². The molecule has 0 aromatic heterocycles. The Hall–Kier alpha value is -0.860. The van der Waals surface area contributed by atoms with Gasteiger partial charge in [0.1, 0.15) is 0 Å². The summed E-state index contributed by atoms with van der Waals surface area (Å²) in [5, 5.41) is 3.45. The number of aryl methyl sites for hydroxylation is 1. The number of benzene rings is 1. The van der Waals surface area contributed by atoms with Gasteiger partial charge in [0.25, 0.3) is 0 Å². The normalized spacial score (nSPS) is 19.9. The molecule has 0 spiro atoms. The van der Waals surface area contributed by atoms with E-state index in [0.717, 1.165) is 32.0 Å². The fourth-order valence-corrected chi connectivity index (χ4v) is 2.55. The van der Waals surface area contributed by atoms with Crippen LogP contribution >= 0.6 is 0 Å². The molecule has 0 saturated carbocycles. The predicted molar refractivity (Wildman–Crippen MR) is 75.8 cm³/mol. The van der Waals surface area contributed by atoms with E-state index in [9.17, 15) is 0 Å². The van der Waals surface area contributed by atoms with Crippen molar-refractivity contribution in [2.75, 3.05) is 26.3 Å². The Kier molecular flexibility index (Phi) is 6.24. The molecule has 0 aliphatic carbocycles. The lowest BCUT2D eigenvalue weighted by atomic mass is 9.97. The van der Waals surface area contributed by atoms with Gasteiger partial charge in [0.05, 0.1) is 0 Å². The van der Waals surface area contributed by atoms with E-state index >= 15 is 0 Å². The van der Waals surface area contributed by atoms with E-state index in [-0.39, 0.29) is 0 Å². The van der Waals surface area contributed by atoms with E-state index in [2.05, 4.69) is 35.6 Å². The van der Waals surface area contributed by atoms with Gasteiger partial charge in [-0.1, -0.05) is 30.3 Å². The number of ether oxygens (including phenoxy) is 1. The summed E-state index contributed by atoms with van der Waals surface area (Å²) in [5.41, 5.74) is 1.41. The lowest BCUT2D eigenvalue weighted by Crippen LogP contribution is -2.30. The first kappa shape index (κ1) is 13.6. The molecular formula is C16H25NO. The summed E-state index contributed by atoms with van der Waals surface area (Å²) in [5.74, 6) is 0.841. The molecule has 1 fully saturated rings. The quantitative estimate of drug-likeness (QED) is 0.748. The highest BCUT2D eigenvalue weighted by molar-refractivity contribution is 5.14. The van der Waals surface area contributed by atoms with Crippen molar-refractivity contribution < 1.29 is 4.74 Å². The zero-order valence-electron chi connectivity index (χ0n) is 11.2. The topological polar surface area (TPSA) is 21.3 Å². The monoisotopic (exact) mass is 247 g/mol. The number of nitrogens with one attached hydrogen (secondary N) is 1. The van der Waals surface area contributed by atoms with Crippen molar-refractivity contribution in [2.24, 2.45) is 5.92 Å². The van der Waals surface area contributed by atoms with Crippen molar-refractivity contribution in [2.45, 2.75) is 32.1 Å². The third-order valence-electron chi connectivity index (χ3n) is 3.67. The second kappa shape index (κ2) is 8.28. The van der Waals surface area contributed by atoms with Crippen LogP contribution in [0.25, 0.3) is 0 Å². The molecule has 1 saturated heterocycles. The molecular weight excluding hydrogens is 222 g/mol. The average molecular weight is 247 g/mol. The minimum atomic E-state index is 0.841. The fourth-order valence-electron chi connectivity index (χ4n) is 2.55. The minimum absolute atomic E-state index is 0.841. The largest absolute Gasteiger partial charge is 0.381 e. The molecule has 1 aromatic rings. The number of hydrogen-bond donors (Lipinski definition) is 1. The maximum absolute atomic E-state index is 5.73. The van der Waals surface area contributed by atoms with Gasteiger partial charge in [0, 0.05) is 13.2 Å². The Morgan fingerprint density at radius 2 is 2.06 bits per heavy atom. The molecule has 1 aliphatic rings. The summed E-state index contributed by atoms with van der Waals surface area (Å²) >= 11 is 0. The molecule has 1 aliphatic heterocycles. The molecule has 0 bridgehead atoms. The number of hydrogen-bond acceptors (Lipinski definition) is 2. The summed E-state index contributed by atoms with van der Waals surface area (Å²) in [6, 6.07) is 10.7. The molecule has 2 rings (SSSR count). The highest BCUT2D eigenvalue weighted by atomic mass is 16.5. The van der Waals surface area contributed by atoms with Gasteiger partial charge < -0.3 is 10.1 Å². The highest BCUT2D eigenvalue weighted by Crippen LogP contribution is 2.13. The van der Waals surface area contributed by atoms with Crippen molar-refractivity contribution in [1.82, 2.24) is 5.32 Å². The van der Waals surface area contributed by atoms with Crippen molar-refractivity contribution in [1.29, 1.82) is 0 Å². The van der Waals surface area contributed by atoms with E-state index < -0.39 is 0 Å². The summed E-state index contributed by atoms with van der Waals surface area (Å²) in [4.78, 5) is 0. The standard InChI is InChI=1S/C16H25NO/c1-2-6-15(7-3-1)9-5-12-18-13-10-16-8-4-11-17-14-16/h1-3,6-7,16-17H,4-5,8-14H2/t16-/m0/s1. The average Bonchev–Trinajstić information content (AvgIpc) is 2.45. The summed E-state index contributed by atoms with van der Waals surface area (Å²) < 4.78 is 5.73. The zero-order chi connectivity index (χ0) is 12.5. The summed E-state index contributed by atoms with van der Waals surface area (Å²) in [6.45, 7) is 4.22. The van der Waals surface area contributed by atoms with E-state index in [1.54, 1.807) is 0 Å². The molecule has 1 aromatic carbocycles. The smallest absolute Gasteiger partial charge is 0.0469 e. The Labute approximate surface area is 111 Å². The molecule has 1 atom stereocenters. The van der Waals surface area contributed by atoms with Gasteiger partial charge in [0.15, 0.2) is 0 Å². The van der Waals surface area contributed by atoms with Gasteiger partial charge in [-0.2, -0.15) is 0 Å². The van der Waals surface area contributed by atoms with Crippen LogP contribution in [0.2, 0.25) is 0 Å². The fraction of sp³-hybridized carbons (Fsp3) is 0.625. The Balaban J connectivity index is 1.46. The van der Waals surface area contributed by atoms with Crippen LogP contribution in [0, 0.1) is 5.92 Å². The molecule has 1 N–H and O–H groups in total. The van der Waals surface area contributed by atoms with Crippen LogP contribution in [-0.2, 0) is 11.2 Å². The maximum atomic E-state index is 5.73. The van der Waals surface area contributed by atoms with Crippen LogP contribution in [0.1, 0.15) is 31.2 Å². The van der Waals surface area contributed by atoms with Gasteiger partial charge in [-0.15, -0.1) is 0 Å². The van der Waals surface area contributed by atoms with Gasteiger partial charge in [-0.05, 0) is 56.7 Å². The SMILES string of the molecule is c1ccc(CCCOCC[C@@H]2CCCNC2)cc1. The molecule has 2 nitrogen and oxygen atoms in total. The zero-order valence-corrected chi connectivity index (χ0v) is 11.2. The Morgan fingerprint density at radius 1 is 1.17 bits per heavy atom. The molecule has 0 amide bonds. The van der Waals surface area contributed by atoms with Gasteiger partial charge in [-0.3, -0.25) is 0 Å². The van der Waals surface area contributed by atoms with Crippen LogP contribution in [0.15, 0.2) is 30.3 Å². The van der Waals surface area contributed by atoms with E-state index in [1.807, 2.05) is 0 Å². The lowest BCUT2D eigenvalue weighted by molar-refractivity contribution is 0.114. The van der Waals surface area contributed by atoms with Gasteiger partial charge >= 0.3 is 0 Å². The summed E-state index contributed by atoms with van der Waals surface area (Å²) in [7, 11) is 0. The first-order valence-corrected chi connectivity index (χ1v) is 7.27. The third kappa shape index (κ3) is 5.19. The Bertz CT molecular complexity index is 306. The van der Waals surface area contributed by atoms with Crippen molar-refractivity contribution >= 4 is 0 Å². The van der Waals surface area contributed by atoms with E-state index in [1.165, 1.54) is 37.9 Å². The van der Waals surface area contributed by atoms with Gasteiger partial charge in [0.2, 0.25) is 0 Å². The minimum Gasteiger partial charge on any atom is -0.381 e. The lowest BCUT2D eigenvalue weighted by Gasteiger charge is -2.22. The van der Waals surface area contributed by atoms with Gasteiger partial charge in [-0.25, -0.2) is 0 Å².